The highest BCUT2D eigenvalue weighted by Gasteiger charge is 2.72. The van der Waals surface area contributed by atoms with E-state index in [2.05, 4.69) is 40.7 Å². The minimum atomic E-state index is -0.607. The van der Waals surface area contributed by atoms with Gasteiger partial charge in [-0.15, -0.1) is 0 Å². The summed E-state index contributed by atoms with van der Waals surface area (Å²) in [6.45, 7) is 16.0. The molecule has 0 radical (unpaired) electrons. The minimum absolute atomic E-state index is 0.0416. The van der Waals surface area contributed by atoms with E-state index >= 15 is 0 Å². The van der Waals surface area contributed by atoms with Gasteiger partial charge in [0.1, 0.15) is 11.9 Å². The monoisotopic (exact) mass is 495 g/mol. The van der Waals surface area contributed by atoms with Gasteiger partial charge in [-0.05, 0) is 84.4 Å². The van der Waals surface area contributed by atoms with Crippen LogP contribution in [0.15, 0.2) is 11.6 Å². The summed E-state index contributed by atoms with van der Waals surface area (Å²) in [5.41, 5.74) is -0.900. The smallest absolute Gasteiger partial charge is 0.178 e. The number of fused-ring (bicyclic) bond motifs is 7. The fraction of sp³-hybridized carbons (Fsp3) is 0.839. The molecule has 4 fully saturated rings. The van der Waals surface area contributed by atoms with Crippen molar-refractivity contribution in [3.8, 4) is 6.07 Å². The Bertz CT molecular complexity index is 1070. The molecule has 0 aliphatic heterocycles. The van der Waals surface area contributed by atoms with E-state index in [-0.39, 0.29) is 62.1 Å². The largest absolute Gasteiger partial charge is 0.299 e. The van der Waals surface area contributed by atoms with Crippen molar-refractivity contribution in [3.05, 3.63) is 11.6 Å². The molecule has 0 spiro atoms. The molecular formula is C31H45NO4. The number of rotatable bonds is 2. The fourth-order valence-corrected chi connectivity index (χ4v) is 10.8. The Morgan fingerprint density at radius 3 is 2.28 bits per heavy atom. The Morgan fingerprint density at radius 1 is 0.972 bits per heavy atom. The maximum atomic E-state index is 14.4. The van der Waals surface area contributed by atoms with Gasteiger partial charge in [0, 0.05) is 23.2 Å². The lowest BCUT2D eigenvalue weighted by atomic mass is 9.31. The highest BCUT2D eigenvalue weighted by atomic mass is 17.1. The highest BCUT2D eigenvalue weighted by Crippen LogP contribution is 2.75. The number of hydrogen-bond donors (Lipinski definition) is 1. The number of ketones is 2. The van der Waals surface area contributed by atoms with Gasteiger partial charge in [-0.2, -0.15) is 5.26 Å². The Morgan fingerprint density at radius 2 is 1.64 bits per heavy atom. The van der Waals surface area contributed by atoms with Crippen molar-refractivity contribution in [3.63, 3.8) is 0 Å². The Kier molecular flexibility index (Phi) is 5.63. The summed E-state index contributed by atoms with van der Waals surface area (Å²) in [7, 11) is 0. The molecule has 1 N–H and O–H groups in total. The first-order chi connectivity index (χ1) is 16.6. The van der Waals surface area contributed by atoms with Gasteiger partial charge in [0.15, 0.2) is 5.78 Å². The molecule has 0 amide bonds. The molecule has 0 saturated heterocycles. The number of carbonyl (C=O) groups excluding carboxylic acids is 2. The molecule has 5 nitrogen and oxygen atoms in total. The Labute approximate surface area is 217 Å². The zero-order valence-electron chi connectivity index (χ0n) is 23.4. The van der Waals surface area contributed by atoms with E-state index in [4.69, 9.17) is 4.89 Å². The molecule has 0 aromatic carbocycles. The van der Waals surface area contributed by atoms with Gasteiger partial charge in [0.2, 0.25) is 0 Å². The number of allylic oxidation sites excluding steroid dienone is 2. The lowest BCUT2D eigenvalue weighted by Gasteiger charge is -2.72. The van der Waals surface area contributed by atoms with Crippen molar-refractivity contribution in [2.24, 2.45) is 56.2 Å². The molecule has 36 heavy (non-hydrogen) atoms. The van der Waals surface area contributed by atoms with E-state index in [1.165, 1.54) is 0 Å². The number of nitrogens with zero attached hydrogens (tertiary/aromatic N) is 1. The third-order valence-electron chi connectivity index (χ3n) is 13.0. The zero-order valence-corrected chi connectivity index (χ0v) is 23.4. The third kappa shape index (κ3) is 3.13. The molecule has 5 rings (SSSR count). The van der Waals surface area contributed by atoms with Crippen molar-refractivity contribution in [2.45, 2.75) is 99.8 Å². The fourth-order valence-electron chi connectivity index (χ4n) is 10.8. The summed E-state index contributed by atoms with van der Waals surface area (Å²) in [4.78, 5) is 32.4. The van der Waals surface area contributed by atoms with Gasteiger partial charge in [-0.3, -0.25) is 14.8 Å². The van der Waals surface area contributed by atoms with E-state index in [1.807, 2.05) is 19.9 Å². The van der Waals surface area contributed by atoms with E-state index in [1.54, 1.807) is 0 Å². The van der Waals surface area contributed by atoms with Crippen LogP contribution >= 0.6 is 0 Å². The van der Waals surface area contributed by atoms with Crippen molar-refractivity contribution in [2.75, 3.05) is 6.61 Å². The second-order valence-electron chi connectivity index (χ2n) is 15.3. The Hall–Kier alpha value is -1.51. The summed E-state index contributed by atoms with van der Waals surface area (Å²) in [6, 6.07) is 2.21. The predicted octanol–water partition coefficient (Wildman–Crippen LogP) is 6.78. The maximum absolute atomic E-state index is 14.4. The molecule has 0 aromatic heterocycles. The molecule has 0 heterocycles. The second kappa shape index (κ2) is 7.76. The van der Waals surface area contributed by atoms with Crippen LogP contribution in [0.3, 0.4) is 0 Å². The molecule has 198 valence electrons. The molecule has 5 aliphatic carbocycles. The van der Waals surface area contributed by atoms with E-state index in [0.717, 1.165) is 44.9 Å². The normalized spacial score (nSPS) is 49.0. The summed E-state index contributed by atoms with van der Waals surface area (Å²) in [5, 5.41) is 19.5. The van der Waals surface area contributed by atoms with E-state index < -0.39 is 5.41 Å². The van der Waals surface area contributed by atoms with Gasteiger partial charge in [0.05, 0.1) is 12.2 Å². The summed E-state index contributed by atoms with van der Waals surface area (Å²) >= 11 is 0. The highest BCUT2D eigenvalue weighted by molar-refractivity contribution is 6.04. The molecule has 5 aliphatic rings. The molecule has 2 unspecified atom stereocenters. The molecule has 0 aromatic rings. The topological polar surface area (TPSA) is 87.4 Å². The van der Waals surface area contributed by atoms with Crippen LogP contribution in [-0.2, 0) is 14.5 Å². The SMILES string of the molecule is CC1(C)CC[C@]2(COO)CC[C@]3(C)C(C(=O)C[C@@H]4[C@@]5(C)C=C(C#N)C(=O)C(C)(C)[C@@H]5CC[C@]43C)C2C1. The predicted molar refractivity (Wildman–Crippen MR) is 138 cm³/mol. The van der Waals surface area contributed by atoms with Gasteiger partial charge < -0.3 is 0 Å². The Balaban J connectivity index is 1.63. The van der Waals surface area contributed by atoms with Gasteiger partial charge in [-0.25, -0.2) is 4.89 Å². The zero-order chi connectivity index (χ0) is 26.5. The van der Waals surface area contributed by atoms with Gasteiger partial charge >= 0.3 is 0 Å². The summed E-state index contributed by atoms with van der Waals surface area (Å²) < 4.78 is 0. The first kappa shape index (κ1) is 26.1. The van der Waals surface area contributed by atoms with E-state index in [9.17, 15) is 20.1 Å². The first-order valence-electron chi connectivity index (χ1n) is 14.1. The van der Waals surface area contributed by atoms with Crippen molar-refractivity contribution in [1.82, 2.24) is 0 Å². The lowest BCUT2D eigenvalue weighted by Crippen LogP contribution is -2.69. The number of hydrogen-bond acceptors (Lipinski definition) is 5. The van der Waals surface area contributed by atoms with E-state index in [0.29, 0.717) is 18.8 Å². The van der Waals surface area contributed by atoms with Gasteiger partial charge in [-0.1, -0.05) is 54.5 Å². The molecule has 4 saturated carbocycles. The van der Waals surface area contributed by atoms with Crippen molar-refractivity contribution < 1.29 is 19.7 Å². The molecular weight excluding hydrogens is 450 g/mol. The minimum Gasteiger partial charge on any atom is -0.299 e. The van der Waals surface area contributed by atoms with Crippen LogP contribution in [0.4, 0.5) is 0 Å². The van der Waals surface area contributed by atoms with Crippen LogP contribution in [0.25, 0.3) is 0 Å². The van der Waals surface area contributed by atoms with Gasteiger partial charge in [0.25, 0.3) is 0 Å². The van der Waals surface area contributed by atoms with Crippen molar-refractivity contribution >= 4 is 11.6 Å². The first-order valence-corrected chi connectivity index (χ1v) is 14.1. The second-order valence-corrected chi connectivity index (χ2v) is 15.3. The van der Waals surface area contributed by atoms with Crippen LogP contribution in [-0.4, -0.2) is 23.4 Å². The van der Waals surface area contributed by atoms with Crippen LogP contribution in [0, 0.1) is 67.5 Å². The molecule has 5 heteroatoms. The van der Waals surface area contributed by atoms with Crippen LogP contribution in [0.2, 0.25) is 0 Å². The van der Waals surface area contributed by atoms with Crippen LogP contribution < -0.4 is 0 Å². The summed E-state index contributed by atoms with van der Waals surface area (Å²) in [6.07, 6.45) is 9.43. The van der Waals surface area contributed by atoms with Crippen molar-refractivity contribution in [1.29, 1.82) is 5.26 Å². The number of Topliss-reactive ketones (excluding diaryl/α,β-unsaturated/α-hetero) is 2. The summed E-state index contributed by atoms with van der Waals surface area (Å²) in [5.74, 6) is 0.704. The average Bonchev–Trinajstić information content (AvgIpc) is 2.79. The number of carbonyl (C=O) groups is 2. The standard InChI is InChI=1S/C31H45NO4/c1-26(2)10-12-31(18-36-35)13-11-30(7)24(20(31)16-26)21(33)14-23-28(5)15-19(17-32)25(34)27(3,4)22(28)8-9-29(23,30)6/h15,20,22-24,35H,8-14,16,18H2,1-7H3/t20?,22-,23+,24?,28-,29+,30+,31+/m0/s1. The molecule has 8 atom stereocenters. The van der Waals surface area contributed by atoms with Crippen LogP contribution in [0.1, 0.15) is 99.8 Å². The molecule has 0 bridgehead atoms. The number of nitriles is 1. The lowest BCUT2D eigenvalue weighted by molar-refractivity contribution is -0.291. The van der Waals surface area contributed by atoms with Crippen LogP contribution in [0.5, 0.6) is 0 Å². The average molecular weight is 496 g/mol. The third-order valence-corrected chi connectivity index (χ3v) is 13.0. The quantitative estimate of drug-likeness (QED) is 0.337. The maximum Gasteiger partial charge on any atom is 0.178 e.